The third-order valence-electron chi connectivity index (χ3n) is 7.40. The van der Waals surface area contributed by atoms with Gasteiger partial charge in [0.2, 0.25) is 0 Å². The van der Waals surface area contributed by atoms with Gasteiger partial charge in [-0.05, 0) is 60.7 Å². The van der Waals surface area contributed by atoms with Crippen LogP contribution in [0.5, 0.6) is 0 Å². The zero-order valence-corrected chi connectivity index (χ0v) is 24.4. The maximum absolute atomic E-state index is 13.9. The number of carbonyl (C=O) groups excluding carboxylic acids is 2. The lowest BCUT2D eigenvalue weighted by Gasteiger charge is -2.44. The highest BCUT2D eigenvalue weighted by Crippen LogP contribution is 2.49. The van der Waals surface area contributed by atoms with Crippen LogP contribution < -0.4 is 4.90 Å². The normalized spacial score (nSPS) is 17.8. The van der Waals surface area contributed by atoms with Gasteiger partial charge in [-0.3, -0.25) is 4.79 Å². The minimum atomic E-state index is -0.508. The van der Waals surface area contributed by atoms with Gasteiger partial charge in [-0.2, -0.15) is 5.10 Å². The van der Waals surface area contributed by atoms with Crippen molar-refractivity contribution in [3.05, 3.63) is 99.3 Å². The van der Waals surface area contributed by atoms with Gasteiger partial charge in [0, 0.05) is 22.2 Å². The highest BCUT2D eigenvalue weighted by Gasteiger charge is 2.45. The Morgan fingerprint density at radius 2 is 1.85 bits per heavy atom. The molecule has 1 unspecified atom stereocenters. The zero-order valence-electron chi connectivity index (χ0n) is 22.8. The van der Waals surface area contributed by atoms with E-state index in [1.807, 2.05) is 29.2 Å². The molecule has 1 atom stereocenters. The summed E-state index contributed by atoms with van der Waals surface area (Å²) in [4.78, 5) is 29.0. The van der Waals surface area contributed by atoms with E-state index < -0.39 is 12.0 Å². The molecule has 6 rings (SSSR count). The first-order valence-electron chi connectivity index (χ1n) is 13.4. The molecule has 1 aliphatic carbocycles. The lowest BCUT2D eigenvalue weighted by molar-refractivity contribution is -0.118. The van der Waals surface area contributed by atoms with Crippen LogP contribution in [0.15, 0.2) is 76.7 Å². The molecule has 3 heterocycles. The number of halogens is 2. The van der Waals surface area contributed by atoms with Crippen LogP contribution in [0.1, 0.15) is 61.3 Å². The van der Waals surface area contributed by atoms with Crippen molar-refractivity contribution in [3.8, 4) is 5.69 Å². The van der Waals surface area contributed by atoms with Crippen molar-refractivity contribution in [1.82, 2.24) is 24.8 Å². The van der Waals surface area contributed by atoms with Gasteiger partial charge < -0.3 is 9.64 Å². The van der Waals surface area contributed by atoms with Gasteiger partial charge in [0.1, 0.15) is 28.9 Å². The summed E-state index contributed by atoms with van der Waals surface area (Å²) in [5.74, 6) is -0.250. The summed E-state index contributed by atoms with van der Waals surface area (Å²) in [6.45, 7) is 6.35. The maximum Gasteiger partial charge on any atom is 0.343 e. The molecule has 0 radical (unpaired) electrons. The Hall–Kier alpha value is -4.12. The highest BCUT2D eigenvalue weighted by molar-refractivity contribution is 9.10. The third kappa shape index (κ3) is 4.99. The first kappa shape index (κ1) is 27.1. The number of allylic oxidation sites excluding steroid dienone is 2. The topological polar surface area (TPSA) is 95.1 Å². The lowest BCUT2D eigenvalue weighted by Crippen LogP contribution is -2.42. The van der Waals surface area contributed by atoms with Crippen molar-refractivity contribution in [2.75, 3.05) is 11.5 Å². The molecule has 0 saturated heterocycles. The molecule has 0 amide bonds. The Kier molecular flexibility index (Phi) is 6.85. The average Bonchev–Trinajstić information content (AvgIpc) is 3.57. The molecule has 210 valence electrons. The predicted molar refractivity (Wildman–Crippen MR) is 153 cm³/mol. The lowest BCUT2D eigenvalue weighted by atomic mass is 9.72. The number of fused-ring (bicyclic) bond motifs is 1. The molecule has 2 aromatic heterocycles. The summed E-state index contributed by atoms with van der Waals surface area (Å²) in [5.41, 5.74) is 3.64. The molecule has 9 nitrogen and oxygen atoms in total. The Bertz CT molecular complexity index is 1670. The molecule has 0 bridgehead atoms. The van der Waals surface area contributed by atoms with Crippen LogP contribution >= 0.6 is 15.9 Å². The van der Waals surface area contributed by atoms with E-state index in [9.17, 15) is 14.0 Å². The van der Waals surface area contributed by atoms with Crippen LogP contribution in [0.4, 0.5) is 10.2 Å². The highest BCUT2D eigenvalue weighted by atomic mass is 79.9. The number of nitrogens with zero attached hydrogens (tertiary/aromatic N) is 6. The van der Waals surface area contributed by atoms with Crippen molar-refractivity contribution in [1.29, 1.82) is 0 Å². The van der Waals surface area contributed by atoms with Crippen molar-refractivity contribution >= 4 is 33.5 Å². The van der Waals surface area contributed by atoms with Crippen molar-refractivity contribution in [2.45, 2.75) is 46.2 Å². The van der Waals surface area contributed by atoms with E-state index in [1.165, 1.54) is 18.3 Å². The summed E-state index contributed by atoms with van der Waals surface area (Å²) >= 11 is 3.50. The van der Waals surface area contributed by atoms with Gasteiger partial charge in [-0.15, -0.1) is 5.10 Å². The Morgan fingerprint density at radius 3 is 2.56 bits per heavy atom. The summed E-state index contributed by atoms with van der Waals surface area (Å²) in [5, 5.41) is 13.3. The van der Waals surface area contributed by atoms with Crippen molar-refractivity contribution < 1.29 is 18.7 Å². The molecule has 0 fully saturated rings. The molecular weight excluding hydrogens is 591 g/mol. The van der Waals surface area contributed by atoms with Crippen LogP contribution in [-0.4, -0.2) is 43.1 Å². The average molecular weight is 619 g/mol. The van der Waals surface area contributed by atoms with E-state index in [2.05, 4.69) is 45.2 Å². The maximum atomic E-state index is 13.9. The smallest absolute Gasteiger partial charge is 0.343 e. The van der Waals surface area contributed by atoms with Gasteiger partial charge >= 0.3 is 5.97 Å². The van der Waals surface area contributed by atoms with Gasteiger partial charge in [-0.25, -0.2) is 18.5 Å². The Labute approximate surface area is 244 Å². The number of esters is 1. The van der Waals surface area contributed by atoms with Crippen LogP contribution in [0, 0.1) is 11.2 Å². The molecule has 0 saturated carbocycles. The number of rotatable bonds is 6. The molecule has 0 spiro atoms. The quantitative estimate of drug-likeness (QED) is 0.252. The van der Waals surface area contributed by atoms with Gasteiger partial charge in [0.25, 0.3) is 0 Å². The second kappa shape index (κ2) is 10.4. The van der Waals surface area contributed by atoms with E-state index in [1.54, 1.807) is 34.6 Å². The van der Waals surface area contributed by atoms with E-state index >= 15 is 0 Å². The number of ketones is 1. The van der Waals surface area contributed by atoms with Crippen LogP contribution in [-0.2, 0) is 16.1 Å². The third-order valence-corrected chi connectivity index (χ3v) is 7.93. The second-order valence-corrected chi connectivity index (χ2v) is 11.9. The molecule has 41 heavy (non-hydrogen) atoms. The Balaban J connectivity index is 1.52. The monoisotopic (exact) mass is 618 g/mol. The van der Waals surface area contributed by atoms with E-state index in [-0.39, 0.29) is 30.2 Å². The number of anilines is 1. The largest absolute Gasteiger partial charge is 0.462 e. The number of benzene rings is 2. The minimum absolute atomic E-state index is 0.0444. The number of hydrogen-bond donors (Lipinski definition) is 0. The molecule has 11 heteroatoms. The molecular formula is C30H28BrFN6O3. The molecule has 2 aliphatic rings. The summed E-state index contributed by atoms with van der Waals surface area (Å²) in [6, 6.07) is 13.2. The zero-order chi connectivity index (χ0) is 28.9. The molecule has 4 aromatic rings. The van der Waals surface area contributed by atoms with Crippen molar-refractivity contribution in [3.63, 3.8) is 0 Å². The Morgan fingerprint density at radius 1 is 1.12 bits per heavy atom. The van der Waals surface area contributed by atoms with Crippen LogP contribution in [0.2, 0.25) is 0 Å². The predicted octanol–water partition coefficient (Wildman–Crippen LogP) is 5.79. The van der Waals surface area contributed by atoms with Gasteiger partial charge in [0.15, 0.2) is 5.78 Å². The number of carbonyl (C=O) groups is 2. The first-order valence-corrected chi connectivity index (χ1v) is 14.2. The SMILES string of the molecule is CCOC(=O)c1cnn2c1N(Cc1cn(-c3ccc(F)cc3)nn1)C1=C(C(=O)CC(C)(C)C1)C2c1ccc(Br)cc1. The van der Waals surface area contributed by atoms with Crippen molar-refractivity contribution in [2.24, 2.45) is 5.41 Å². The fourth-order valence-electron chi connectivity index (χ4n) is 5.65. The number of Topliss-reactive ketones (excluding diaryl/α,β-unsaturated/α-hetero) is 1. The first-order chi connectivity index (χ1) is 19.6. The van der Waals surface area contributed by atoms with Gasteiger partial charge in [0.05, 0.1) is 31.2 Å². The minimum Gasteiger partial charge on any atom is -0.462 e. The molecule has 0 N–H and O–H groups in total. The van der Waals surface area contributed by atoms with Crippen LogP contribution in [0.3, 0.4) is 0 Å². The standard InChI is InChI=1S/C30H28BrFN6O3/c1-4-41-29(40)23-15-33-38-27(18-5-7-19(31)8-6-18)26-24(13-30(2,3)14-25(26)39)36(28(23)38)16-21-17-37(35-34-21)22-11-9-20(32)10-12-22/h5-12,15,17,27H,4,13-14,16H2,1-3H3. The fraction of sp³-hybridized carbons (Fsp3) is 0.300. The van der Waals surface area contributed by atoms with E-state index in [0.717, 1.165) is 15.7 Å². The summed E-state index contributed by atoms with van der Waals surface area (Å²) in [6.07, 6.45) is 4.28. The number of ether oxygens (including phenoxy) is 1. The fourth-order valence-corrected chi connectivity index (χ4v) is 5.91. The molecule has 1 aliphatic heterocycles. The summed E-state index contributed by atoms with van der Waals surface area (Å²) in [7, 11) is 0. The van der Waals surface area contributed by atoms with Crippen LogP contribution in [0.25, 0.3) is 5.69 Å². The van der Waals surface area contributed by atoms with E-state index in [4.69, 9.17) is 4.74 Å². The summed E-state index contributed by atoms with van der Waals surface area (Å²) < 4.78 is 23.1. The second-order valence-electron chi connectivity index (χ2n) is 11.0. The van der Waals surface area contributed by atoms with Gasteiger partial charge in [-0.1, -0.05) is 47.1 Å². The molecule has 2 aromatic carbocycles. The number of hydrogen-bond acceptors (Lipinski definition) is 7. The van der Waals surface area contributed by atoms with E-state index in [0.29, 0.717) is 41.2 Å². The number of aromatic nitrogens is 5.